The molecule has 0 amide bonds. The molecule has 0 saturated heterocycles. The average Bonchev–Trinajstić information content (AvgIpc) is 2.54. The highest BCUT2D eigenvalue weighted by molar-refractivity contribution is 5.47. The van der Waals surface area contributed by atoms with Gasteiger partial charge in [-0.05, 0) is 20.2 Å². The fourth-order valence-corrected chi connectivity index (χ4v) is 1.95. The van der Waals surface area contributed by atoms with Gasteiger partial charge in [-0.3, -0.25) is 0 Å². The molecule has 1 heterocycles. The van der Waals surface area contributed by atoms with E-state index in [1.807, 2.05) is 19.0 Å². The highest BCUT2D eigenvalue weighted by Gasteiger charge is 2.20. The molecule has 1 aromatic heterocycles. The first-order valence-electron chi connectivity index (χ1n) is 7.19. The summed E-state index contributed by atoms with van der Waals surface area (Å²) in [5, 5.41) is 2.36. The smallest absolute Gasteiger partial charge is 0.253 e. The zero-order chi connectivity index (χ0) is 17.7. The van der Waals surface area contributed by atoms with Crippen LogP contribution in [0.1, 0.15) is 5.56 Å². The Morgan fingerprint density at radius 2 is 1.67 bits per heavy atom. The zero-order valence-corrected chi connectivity index (χ0v) is 13.2. The Hall–Kier alpha value is -2.35. The van der Waals surface area contributed by atoms with E-state index in [1.165, 1.54) is 0 Å². The minimum absolute atomic E-state index is 0.0745. The molecule has 0 atom stereocenters. The number of ether oxygens (including phenoxy) is 1. The number of hydrogen-bond acceptors (Lipinski definition) is 4. The first-order chi connectivity index (χ1) is 11.4. The topological polar surface area (TPSA) is 37.4 Å². The van der Waals surface area contributed by atoms with E-state index in [4.69, 9.17) is 4.74 Å². The highest BCUT2D eigenvalue weighted by atomic mass is 19.2. The van der Waals surface area contributed by atoms with Gasteiger partial charge in [-0.15, -0.1) is 0 Å². The van der Waals surface area contributed by atoms with Crippen LogP contribution in [0.4, 0.5) is 23.2 Å². The van der Waals surface area contributed by atoms with Gasteiger partial charge in [0.2, 0.25) is 11.6 Å². The number of likely N-dealkylation sites (N-methyl/N-ethyl adjacent to an activating group) is 1. The largest absolute Gasteiger partial charge is 0.492 e. The Morgan fingerprint density at radius 1 is 1.04 bits per heavy atom. The monoisotopic (exact) mass is 343 g/mol. The molecule has 4 nitrogen and oxygen atoms in total. The molecule has 1 aromatic carbocycles. The Morgan fingerprint density at radius 3 is 2.29 bits per heavy atom. The standard InChI is InChI=1S/C16H17F4N3O/c1-23(2)7-8-24-11-6-4-3-5-10(11)9-21-14-12(17)15(19)22-16(20)13(14)18/h3-6H,7-9H2,1-2H3,(H,21,22). The SMILES string of the molecule is CN(C)CCOc1ccccc1CNc1c(F)c(F)nc(F)c1F. The van der Waals surface area contributed by atoms with Crippen LogP contribution >= 0.6 is 0 Å². The number of halogens is 4. The predicted molar refractivity (Wildman–Crippen MR) is 81.9 cm³/mol. The third-order valence-corrected chi connectivity index (χ3v) is 3.22. The fourth-order valence-electron chi connectivity index (χ4n) is 1.95. The van der Waals surface area contributed by atoms with Crippen LogP contribution in [0.5, 0.6) is 5.75 Å². The van der Waals surface area contributed by atoms with Gasteiger partial charge >= 0.3 is 0 Å². The molecule has 0 spiro atoms. The minimum atomic E-state index is -1.70. The van der Waals surface area contributed by atoms with Crippen LogP contribution in [0.15, 0.2) is 24.3 Å². The Labute approximate surface area is 137 Å². The van der Waals surface area contributed by atoms with Crippen molar-refractivity contribution in [3.63, 3.8) is 0 Å². The molecule has 24 heavy (non-hydrogen) atoms. The van der Waals surface area contributed by atoms with E-state index in [9.17, 15) is 17.6 Å². The zero-order valence-electron chi connectivity index (χ0n) is 13.2. The van der Waals surface area contributed by atoms with E-state index >= 15 is 0 Å². The van der Waals surface area contributed by atoms with Crippen LogP contribution in [0.3, 0.4) is 0 Å². The summed E-state index contributed by atoms with van der Waals surface area (Å²) in [4.78, 5) is 4.45. The predicted octanol–water partition coefficient (Wildman–Crippen LogP) is 3.19. The van der Waals surface area contributed by atoms with Crippen molar-refractivity contribution in [2.24, 2.45) is 0 Å². The maximum atomic E-state index is 13.6. The summed E-state index contributed by atoms with van der Waals surface area (Å²) in [6.45, 7) is 1.03. The quantitative estimate of drug-likeness (QED) is 0.619. The van der Waals surface area contributed by atoms with Gasteiger partial charge in [-0.2, -0.15) is 22.5 Å². The molecule has 0 fully saturated rings. The number of benzene rings is 1. The Balaban J connectivity index is 2.13. The first kappa shape index (κ1) is 18.0. The lowest BCUT2D eigenvalue weighted by Gasteiger charge is -2.15. The summed E-state index contributed by atoms with van der Waals surface area (Å²) < 4.78 is 59.0. The van der Waals surface area contributed by atoms with Crippen LogP contribution in [-0.4, -0.2) is 37.1 Å². The van der Waals surface area contributed by atoms with E-state index in [0.717, 1.165) is 0 Å². The number of para-hydroxylation sites is 1. The van der Waals surface area contributed by atoms with Crippen LogP contribution in [0, 0.1) is 23.5 Å². The van der Waals surface area contributed by atoms with Crippen LogP contribution in [0.25, 0.3) is 0 Å². The van der Waals surface area contributed by atoms with Gasteiger partial charge in [-0.25, -0.2) is 0 Å². The molecular formula is C16H17F4N3O. The summed E-state index contributed by atoms with van der Waals surface area (Å²) in [5.41, 5.74) is -0.309. The molecule has 0 saturated carbocycles. The van der Waals surface area contributed by atoms with Crippen molar-refractivity contribution in [3.8, 4) is 5.75 Å². The van der Waals surface area contributed by atoms with Crippen molar-refractivity contribution in [2.75, 3.05) is 32.6 Å². The molecule has 2 aromatic rings. The summed E-state index contributed by atoms with van der Waals surface area (Å²) in [5.74, 6) is -6.03. The van der Waals surface area contributed by atoms with E-state index in [-0.39, 0.29) is 6.54 Å². The van der Waals surface area contributed by atoms with Gasteiger partial charge < -0.3 is 15.0 Å². The Kier molecular flexibility index (Phi) is 5.97. The van der Waals surface area contributed by atoms with E-state index in [1.54, 1.807) is 24.3 Å². The molecule has 0 radical (unpaired) electrons. The number of aromatic nitrogens is 1. The van der Waals surface area contributed by atoms with Crippen molar-refractivity contribution in [2.45, 2.75) is 6.54 Å². The lowest BCUT2D eigenvalue weighted by atomic mass is 10.2. The molecule has 130 valence electrons. The minimum Gasteiger partial charge on any atom is -0.492 e. The van der Waals surface area contributed by atoms with E-state index in [0.29, 0.717) is 24.5 Å². The van der Waals surface area contributed by atoms with Crippen LogP contribution in [-0.2, 0) is 6.54 Å². The molecular weight excluding hydrogens is 326 g/mol. The highest BCUT2D eigenvalue weighted by Crippen LogP contribution is 2.24. The number of anilines is 1. The van der Waals surface area contributed by atoms with Gasteiger partial charge in [0.1, 0.15) is 18.0 Å². The molecule has 0 unspecified atom stereocenters. The third kappa shape index (κ3) is 4.35. The molecule has 0 aliphatic rings. The molecule has 0 aliphatic heterocycles. The number of nitrogens with zero attached hydrogens (tertiary/aromatic N) is 2. The van der Waals surface area contributed by atoms with E-state index in [2.05, 4.69) is 10.3 Å². The van der Waals surface area contributed by atoms with Crippen molar-refractivity contribution in [1.82, 2.24) is 9.88 Å². The maximum absolute atomic E-state index is 13.6. The number of rotatable bonds is 7. The second-order valence-electron chi connectivity index (χ2n) is 5.31. The molecule has 0 bridgehead atoms. The maximum Gasteiger partial charge on any atom is 0.253 e. The van der Waals surface area contributed by atoms with Crippen molar-refractivity contribution < 1.29 is 22.3 Å². The summed E-state index contributed by atoms with van der Waals surface area (Å²) in [6, 6.07) is 6.85. The Bertz CT molecular complexity index is 684. The number of pyridine rings is 1. The molecule has 1 N–H and O–H groups in total. The molecule has 2 rings (SSSR count). The second kappa shape index (κ2) is 7.96. The average molecular weight is 343 g/mol. The van der Waals surface area contributed by atoms with Crippen molar-refractivity contribution >= 4 is 5.69 Å². The van der Waals surface area contributed by atoms with Crippen LogP contribution < -0.4 is 10.1 Å². The van der Waals surface area contributed by atoms with Gasteiger partial charge in [-0.1, -0.05) is 18.2 Å². The van der Waals surface area contributed by atoms with Crippen molar-refractivity contribution in [1.29, 1.82) is 0 Å². The number of hydrogen-bond donors (Lipinski definition) is 1. The lowest BCUT2D eigenvalue weighted by Crippen LogP contribution is -2.20. The third-order valence-electron chi connectivity index (χ3n) is 3.22. The normalized spacial score (nSPS) is 11.0. The summed E-state index contributed by atoms with van der Waals surface area (Å²) in [7, 11) is 3.80. The lowest BCUT2D eigenvalue weighted by molar-refractivity contribution is 0.259. The second-order valence-corrected chi connectivity index (χ2v) is 5.31. The van der Waals surface area contributed by atoms with Gasteiger partial charge in [0.05, 0.1) is 0 Å². The summed E-state index contributed by atoms with van der Waals surface area (Å²) >= 11 is 0. The van der Waals surface area contributed by atoms with Crippen LogP contribution in [0.2, 0.25) is 0 Å². The van der Waals surface area contributed by atoms with Gasteiger partial charge in [0, 0.05) is 18.7 Å². The van der Waals surface area contributed by atoms with Gasteiger partial charge in [0.25, 0.3) is 11.9 Å². The van der Waals surface area contributed by atoms with Crippen molar-refractivity contribution in [3.05, 3.63) is 53.4 Å². The fraction of sp³-hybridized carbons (Fsp3) is 0.312. The molecule has 0 aliphatic carbocycles. The summed E-state index contributed by atoms with van der Waals surface area (Å²) in [6.07, 6.45) is 0. The van der Waals surface area contributed by atoms with E-state index < -0.39 is 29.2 Å². The number of nitrogens with one attached hydrogen (secondary N) is 1. The molecule has 8 heteroatoms. The first-order valence-corrected chi connectivity index (χ1v) is 7.19. The van der Waals surface area contributed by atoms with Gasteiger partial charge in [0.15, 0.2) is 0 Å².